The number of carbonyl (C=O) groups excluding carboxylic acids is 1. The number of piperidine rings is 1. The van der Waals surface area contributed by atoms with Crippen molar-refractivity contribution < 1.29 is 26.9 Å². The van der Waals surface area contributed by atoms with Crippen LogP contribution in [0.2, 0.25) is 0 Å². The van der Waals surface area contributed by atoms with Crippen LogP contribution < -0.4 is 4.74 Å². The number of hydrogen-bond donors (Lipinski definition) is 0. The molecule has 2 aliphatic heterocycles. The Labute approximate surface area is 173 Å². The predicted octanol–water partition coefficient (Wildman–Crippen LogP) is 2.56. The zero-order chi connectivity index (χ0) is 20.7. The molecule has 0 aliphatic carbocycles. The van der Waals surface area contributed by atoms with Crippen LogP contribution in [0.15, 0.2) is 24.3 Å². The van der Waals surface area contributed by atoms with Crippen molar-refractivity contribution in [3.63, 3.8) is 0 Å². The van der Waals surface area contributed by atoms with Gasteiger partial charge in [0.1, 0.15) is 5.75 Å². The number of rotatable bonds is 8. The Morgan fingerprint density at radius 1 is 1.07 bits per heavy atom. The van der Waals surface area contributed by atoms with E-state index in [-0.39, 0.29) is 12.5 Å². The van der Waals surface area contributed by atoms with Crippen LogP contribution in [-0.4, -0.2) is 65.0 Å². The van der Waals surface area contributed by atoms with E-state index >= 15 is 0 Å². The molecule has 29 heavy (non-hydrogen) atoms. The number of carbonyl (C=O) groups is 1. The molecule has 0 N–H and O–H groups in total. The summed E-state index contributed by atoms with van der Waals surface area (Å²) in [4.78, 5) is 14.7. The van der Waals surface area contributed by atoms with Gasteiger partial charge in [-0.05, 0) is 49.3 Å². The van der Waals surface area contributed by atoms with Crippen molar-refractivity contribution >= 4 is 16.0 Å². The zero-order valence-electron chi connectivity index (χ0n) is 17.0. The first kappa shape index (κ1) is 22.1. The molecule has 0 aromatic heterocycles. The van der Waals surface area contributed by atoms with Crippen LogP contribution in [0.4, 0.5) is 0 Å². The lowest BCUT2D eigenvalue weighted by Gasteiger charge is -2.35. The van der Waals surface area contributed by atoms with Crippen molar-refractivity contribution in [2.75, 3.05) is 45.8 Å². The molecule has 162 valence electrons. The summed E-state index contributed by atoms with van der Waals surface area (Å²) in [6.07, 6.45) is 5.21. The summed E-state index contributed by atoms with van der Waals surface area (Å²) in [6.45, 7) is 3.57. The van der Waals surface area contributed by atoms with E-state index in [0.717, 1.165) is 50.8 Å². The van der Waals surface area contributed by atoms with Gasteiger partial charge in [-0.1, -0.05) is 12.1 Å². The fraction of sp³-hybridized carbons (Fsp3) is 0.667. The standard InChI is InChI=1S/C21H31NO6S/c1-29(24,25)28-14-2-13-27-20-5-3-17(4-6-20)18-7-11-22(12-8-18)21(23)19-9-15-26-16-10-19/h3-6,18-19H,2,7-16H2,1H3. The van der Waals surface area contributed by atoms with Gasteiger partial charge in [0.05, 0.1) is 19.5 Å². The van der Waals surface area contributed by atoms with Gasteiger partial charge in [-0.15, -0.1) is 0 Å². The van der Waals surface area contributed by atoms with Crippen LogP contribution in [-0.2, 0) is 23.8 Å². The minimum absolute atomic E-state index is 0.127. The SMILES string of the molecule is CS(=O)(=O)OCCCOc1ccc(C2CCN(C(=O)C3CCOCC3)CC2)cc1. The highest BCUT2D eigenvalue weighted by Gasteiger charge is 2.29. The second-order valence-electron chi connectivity index (χ2n) is 7.78. The maximum atomic E-state index is 12.7. The molecule has 2 fully saturated rings. The van der Waals surface area contributed by atoms with Gasteiger partial charge in [0.15, 0.2) is 0 Å². The molecule has 7 nitrogen and oxygen atoms in total. The molecule has 2 heterocycles. The summed E-state index contributed by atoms with van der Waals surface area (Å²) in [7, 11) is -3.39. The van der Waals surface area contributed by atoms with Gasteiger partial charge < -0.3 is 14.4 Å². The van der Waals surface area contributed by atoms with E-state index in [1.165, 1.54) is 5.56 Å². The molecule has 2 saturated heterocycles. The molecule has 8 heteroatoms. The van der Waals surface area contributed by atoms with Gasteiger partial charge in [-0.25, -0.2) is 0 Å². The van der Waals surface area contributed by atoms with E-state index in [1.54, 1.807) is 0 Å². The Hall–Kier alpha value is -1.64. The summed E-state index contributed by atoms with van der Waals surface area (Å²) in [5.74, 6) is 1.67. The van der Waals surface area contributed by atoms with Crippen molar-refractivity contribution in [2.45, 2.75) is 38.0 Å². The van der Waals surface area contributed by atoms with Gasteiger partial charge in [0.25, 0.3) is 10.1 Å². The number of hydrogen-bond acceptors (Lipinski definition) is 6. The van der Waals surface area contributed by atoms with Gasteiger partial charge in [0, 0.05) is 38.6 Å². The lowest BCUT2D eigenvalue weighted by atomic mass is 9.88. The fourth-order valence-electron chi connectivity index (χ4n) is 3.93. The number of ether oxygens (including phenoxy) is 2. The van der Waals surface area contributed by atoms with Crippen molar-refractivity contribution in [1.82, 2.24) is 4.90 Å². The van der Waals surface area contributed by atoms with Crippen LogP contribution in [0.25, 0.3) is 0 Å². The molecule has 3 rings (SSSR count). The molecule has 1 aromatic rings. The molecule has 0 saturated carbocycles. The smallest absolute Gasteiger partial charge is 0.264 e. The molecule has 0 radical (unpaired) electrons. The monoisotopic (exact) mass is 425 g/mol. The third kappa shape index (κ3) is 6.97. The maximum Gasteiger partial charge on any atom is 0.264 e. The largest absolute Gasteiger partial charge is 0.494 e. The molecule has 0 atom stereocenters. The molecule has 0 spiro atoms. The number of nitrogens with zero attached hydrogens (tertiary/aromatic N) is 1. The number of amides is 1. The second-order valence-corrected chi connectivity index (χ2v) is 9.43. The Morgan fingerprint density at radius 3 is 2.34 bits per heavy atom. The Balaban J connectivity index is 1.40. The quantitative estimate of drug-likeness (QED) is 0.470. The minimum Gasteiger partial charge on any atom is -0.494 e. The Kier molecular flexibility index (Phi) is 7.91. The van der Waals surface area contributed by atoms with Crippen LogP contribution in [0, 0.1) is 5.92 Å². The van der Waals surface area contributed by atoms with E-state index in [1.807, 2.05) is 17.0 Å². The lowest BCUT2D eigenvalue weighted by molar-refractivity contribution is -0.139. The van der Waals surface area contributed by atoms with Gasteiger partial charge in [0.2, 0.25) is 5.91 Å². The Bertz CT molecular complexity index is 750. The van der Waals surface area contributed by atoms with Crippen LogP contribution in [0.5, 0.6) is 5.75 Å². The predicted molar refractivity (Wildman–Crippen MR) is 109 cm³/mol. The highest BCUT2D eigenvalue weighted by atomic mass is 32.2. The number of benzene rings is 1. The van der Waals surface area contributed by atoms with Crippen molar-refractivity contribution in [1.29, 1.82) is 0 Å². The van der Waals surface area contributed by atoms with Gasteiger partial charge in [-0.2, -0.15) is 8.42 Å². The molecule has 1 aromatic carbocycles. The zero-order valence-corrected chi connectivity index (χ0v) is 17.9. The van der Waals surface area contributed by atoms with Crippen LogP contribution in [0.1, 0.15) is 43.6 Å². The van der Waals surface area contributed by atoms with Crippen LogP contribution >= 0.6 is 0 Å². The highest BCUT2D eigenvalue weighted by molar-refractivity contribution is 7.85. The number of likely N-dealkylation sites (tertiary alicyclic amines) is 1. The second kappa shape index (κ2) is 10.4. The van der Waals surface area contributed by atoms with Crippen molar-refractivity contribution in [3.05, 3.63) is 29.8 Å². The van der Waals surface area contributed by atoms with Gasteiger partial charge >= 0.3 is 0 Å². The molecule has 0 bridgehead atoms. The van der Waals surface area contributed by atoms with E-state index < -0.39 is 10.1 Å². The third-order valence-corrected chi connectivity index (χ3v) is 6.18. The topological polar surface area (TPSA) is 82.1 Å². The van der Waals surface area contributed by atoms with E-state index in [0.29, 0.717) is 38.1 Å². The summed E-state index contributed by atoms with van der Waals surface area (Å²) >= 11 is 0. The molecule has 2 aliphatic rings. The van der Waals surface area contributed by atoms with E-state index in [9.17, 15) is 13.2 Å². The average Bonchev–Trinajstić information content (AvgIpc) is 2.73. The first-order chi connectivity index (χ1) is 13.9. The fourth-order valence-corrected chi connectivity index (χ4v) is 4.35. The summed E-state index contributed by atoms with van der Waals surface area (Å²) in [6, 6.07) is 8.07. The van der Waals surface area contributed by atoms with E-state index in [4.69, 9.17) is 9.47 Å². The third-order valence-electron chi connectivity index (χ3n) is 5.58. The normalized spacial score (nSPS) is 19.3. The summed E-state index contributed by atoms with van der Waals surface area (Å²) < 4.78 is 37.5. The first-order valence-electron chi connectivity index (χ1n) is 10.4. The van der Waals surface area contributed by atoms with Crippen molar-refractivity contribution in [2.24, 2.45) is 5.92 Å². The Morgan fingerprint density at radius 2 is 1.72 bits per heavy atom. The van der Waals surface area contributed by atoms with E-state index in [2.05, 4.69) is 16.3 Å². The summed E-state index contributed by atoms with van der Waals surface area (Å²) in [5.41, 5.74) is 1.27. The maximum absolute atomic E-state index is 12.7. The molecular formula is C21H31NO6S. The molecule has 1 amide bonds. The van der Waals surface area contributed by atoms with Gasteiger partial charge in [-0.3, -0.25) is 8.98 Å². The van der Waals surface area contributed by atoms with Crippen LogP contribution in [0.3, 0.4) is 0 Å². The molecule has 0 unspecified atom stereocenters. The highest BCUT2D eigenvalue weighted by Crippen LogP contribution is 2.30. The molecular weight excluding hydrogens is 394 g/mol. The first-order valence-corrected chi connectivity index (χ1v) is 12.2. The summed E-state index contributed by atoms with van der Waals surface area (Å²) in [5, 5.41) is 0. The average molecular weight is 426 g/mol. The lowest BCUT2D eigenvalue weighted by Crippen LogP contribution is -2.42. The van der Waals surface area contributed by atoms with Crippen molar-refractivity contribution in [3.8, 4) is 5.75 Å². The minimum atomic E-state index is -3.39.